The Morgan fingerprint density at radius 1 is 0.582 bits per heavy atom. The van der Waals surface area contributed by atoms with Gasteiger partial charge in [0.1, 0.15) is 0 Å². The molecule has 5 nitrogen and oxygen atoms in total. The van der Waals surface area contributed by atoms with E-state index in [-0.39, 0.29) is 30.0 Å². The summed E-state index contributed by atoms with van der Waals surface area (Å²) in [7, 11) is 0. The van der Waals surface area contributed by atoms with E-state index in [0.29, 0.717) is 30.0 Å². The molecule has 0 amide bonds. The van der Waals surface area contributed by atoms with Gasteiger partial charge < -0.3 is 24.8 Å². The largest absolute Gasteiger partial charge is 0.392 e. The molecule has 2 saturated heterocycles. The van der Waals surface area contributed by atoms with Crippen molar-refractivity contribution in [2.45, 2.75) is 180 Å². The van der Waals surface area contributed by atoms with Crippen LogP contribution in [0, 0.1) is 29.6 Å². The molecule has 0 radical (unpaired) electrons. The minimum absolute atomic E-state index is 0.239. The highest BCUT2D eigenvalue weighted by Gasteiger charge is 2.55. The minimum atomic E-state index is -0.287. The van der Waals surface area contributed by atoms with Crippen LogP contribution in [0.1, 0.15) is 145 Å². The molecule has 11 atom stereocenters. The van der Waals surface area contributed by atoms with Crippen LogP contribution >= 0.6 is 0 Å². The van der Waals surface area contributed by atoms with Crippen molar-refractivity contribution < 1.29 is 24.8 Å². The molecule has 7 aliphatic rings. The van der Waals surface area contributed by atoms with Crippen LogP contribution in [0.2, 0.25) is 0 Å². The summed E-state index contributed by atoms with van der Waals surface area (Å²) < 4.78 is 11.2. The zero-order valence-electron chi connectivity index (χ0n) is 36.2. The predicted molar refractivity (Wildman–Crippen MR) is 233 cm³/mol. The highest BCUT2D eigenvalue weighted by molar-refractivity contribution is 5.14. The van der Waals surface area contributed by atoms with Crippen molar-refractivity contribution in [2.75, 3.05) is 6.61 Å². The molecule has 6 fully saturated rings. The Balaban J connectivity index is 0.000000185. The standard InChI is InChI=1S/5C10H16O/c2*1-7(2)8-4-5-10(3)9(6-8)11-10;2*1-7(2)9-5-4-8(3)10(11)6-9;1-8(2)10-5-3-9(7-11)4-6-10/h2*8-9H,1,4-6H2,2-3H3;2*9-11H,1,3-6H2,2H3;3,10-11H,1,4-7H2,2H3/t8-,9?,10-;8-,9-,10+;9-,10+;9-,10-;10-/m00001/s1. The fourth-order valence-corrected chi connectivity index (χ4v) is 8.72. The summed E-state index contributed by atoms with van der Waals surface area (Å²) in [5.74, 6) is 3.14. The second-order valence-electron chi connectivity index (χ2n) is 18.8. The van der Waals surface area contributed by atoms with Gasteiger partial charge in [0.15, 0.2) is 0 Å². The van der Waals surface area contributed by atoms with E-state index >= 15 is 0 Å². The molecule has 310 valence electrons. The quantitative estimate of drug-likeness (QED) is 0.185. The van der Waals surface area contributed by atoms with Gasteiger partial charge in [0.25, 0.3) is 0 Å². The number of aliphatic hydroxyl groups excluding tert-OH is 3. The lowest BCUT2D eigenvalue weighted by Crippen LogP contribution is -2.22. The molecule has 5 aliphatic carbocycles. The Morgan fingerprint density at radius 2 is 0.927 bits per heavy atom. The number of fused-ring (bicyclic) bond motifs is 2. The number of hydrogen-bond donors (Lipinski definition) is 3. The number of hydrogen-bond acceptors (Lipinski definition) is 5. The minimum Gasteiger partial charge on any atom is -0.392 e. The predicted octanol–water partition coefficient (Wildman–Crippen LogP) is 11.9. The third-order valence-corrected chi connectivity index (χ3v) is 13.8. The van der Waals surface area contributed by atoms with E-state index in [1.165, 1.54) is 78.4 Å². The number of rotatable bonds is 6. The molecule has 3 N–H and O–H groups in total. The average molecular weight is 761 g/mol. The molecule has 4 saturated carbocycles. The third kappa shape index (κ3) is 14.6. The first-order chi connectivity index (χ1) is 25.7. The van der Waals surface area contributed by atoms with Gasteiger partial charge >= 0.3 is 0 Å². The lowest BCUT2D eigenvalue weighted by atomic mass is 9.80. The number of ether oxygens (including phenoxy) is 2. The molecular formula is C50H80O5. The Hall–Kier alpha value is -2.28. The van der Waals surface area contributed by atoms with Gasteiger partial charge in [-0.05, 0) is 191 Å². The van der Waals surface area contributed by atoms with Crippen molar-refractivity contribution in [1.82, 2.24) is 0 Å². The Labute approximate surface area is 337 Å². The number of allylic oxidation sites excluding steroid dienone is 6. The van der Waals surface area contributed by atoms with E-state index in [9.17, 15) is 10.2 Å². The fourth-order valence-electron chi connectivity index (χ4n) is 8.72. The zero-order valence-corrected chi connectivity index (χ0v) is 36.2. The van der Waals surface area contributed by atoms with Crippen LogP contribution < -0.4 is 0 Å². The highest BCUT2D eigenvalue weighted by Crippen LogP contribution is 2.51. The van der Waals surface area contributed by atoms with Crippen LogP contribution in [0.25, 0.3) is 0 Å². The highest BCUT2D eigenvalue weighted by atomic mass is 16.6. The molecule has 7 rings (SSSR count). The first-order valence-electron chi connectivity index (χ1n) is 21.3. The van der Waals surface area contributed by atoms with Crippen molar-refractivity contribution in [1.29, 1.82) is 0 Å². The molecule has 0 aromatic heterocycles. The Bertz CT molecular complexity index is 1350. The Morgan fingerprint density at radius 3 is 1.20 bits per heavy atom. The van der Waals surface area contributed by atoms with E-state index in [2.05, 4.69) is 86.7 Å². The van der Waals surface area contributed by atoms with E-state index in [1.807, 2.05) is 13.8 Å². The monoisotopic (exact) mass is 761 g/mol. The van der Waals surface area contributed by atoms with Crippen molar-refractivity contribution in [3.05, 3.63) is 96.7 Å². The average Bonchev–Trinajstić information content (AvgIpc) is 4.03. The van der Waals surface area contributed by atoms with Crippen LogP contribution in [0.5, 0.6) is 0 Å². The maximum atomic E-state index is 9.46. The van der Waals surface area contributed by atoms with Gasteiger partial charge in [-0.25, -0.2) is 0 Å². The second kappa shape index (κ2) is 20.9. The third-order valence-electron chi connectivity index (χ3n) is 13.8. The lowest BCUT2D eigenvalue weighted by Gasteiger charge is -2.27. The summed E-state index contributed by atoms with van der Waals surface area (Å²) in [5.41, 5.74) is 10.0. The molecular weight excluding hydrogens is 681 g/mol. The summed E-state index contributed by atoms with van der Waals surface area (Å²) in [6, 6.07) is 0. The molecule has 1 unspecified atom stereocenters. The van der Waals surface area contributed by atoms with E-state index < -0.39 is 0 Å². The summed E-state index contributed by atoms with van der Waals surface area (Å²) in [4.78, 5) is 0. The number of epoxide rings is 2. The topological polar surface area (TPSA) is 85.8 Å². The summed E-state index contributed by atoms with van der Waals surface area (Å²) in [5, 5.41) is 27.7. The SMILES string of the molecule is C=C(C)[C@@H]1CC=C(CO)CC1.C=C(C)[C@H]1CCC(=C)[C@@H](O)C1.C=C(C)[C@H]1CCC(=C)[C@H](O)C1.C=C(C)[C@H]1CC[C@@]2(C)O[C@H]2C1.C=C(C)[C@H]1CC[C@]2(C)OC2C1. The first-order valence-corrected chi connectivity index (χ1v) is 21.3. The van der Waals surface area contributed by atoms with Crippen LogP contribution in [-0.2, 0) is 9.47 Å². The second-order valence-corrected chi connectivity index (χ2v) is 18.8. The Kier molecular flexibility index (Phi) is 17.9. The van der Waals surface area contributed by atoms with Gasteiger partial charge in [0.2, 0.25) is 0 Å². The molecule has 0 bridgehead atoms. The van der Waals surface area contributed by atoms with E-state index in [0.717, 1.165) is 74.3 Å². The lowest BCUT2D eigenvalue weighted by molar-refractivity contribution is 0.158. The van der Waals surface area contributed by atoms with Gasteiger partial charge in [-0.3, -0.25) is 0 Å². The summed E-state index contributed by atoms with van der Waals surface area (Å²) in [6.07, 6.45) is 19.2. The van der Waals surface area contributed by atoms with E-state index in [1.54, 1.807) is 0 Å². The van der Waals surface area contributed by atoms with Crippen molar-refractivity contribution in [3.8, 4) is 0 Å². The van der Waals surface area contributed by atoms with Crippen molar-refractivity contribution in [3.63, 3.8) is 0 Å². The zero-order chi connectivity index (χ0) is 41.2. The summed E-state index contributed by atoms with van der Waals surface area (Å²) >= 11 is 0. The van der Waals surface area contributed by atoms with Crippen LogP contribution in [0.15, 0.2) is 96.7 Å². The van der Waals surface area contributed by atoms with Crippen LogP contribution in [0.3, 0.4) is 0 Å². The van der Waals surface area contributed by atoms with Crippen LogP contribution in [-0.4, -0.2) is 57.5 Å². The molecule has 2 heterocycles. The maximum absolute atomic E-state index is 9.46. The van der Waals surface area contributed by atoms with Gasteiger partial charge in [-0.1, -0.05) is 80.0 Å². The maximum Gasteiger partial charge on any atom is 0.0920 e. The molecule has 55 heavy (non-hydrogen) atoms. The van der Waals surface area contributed by atoms with Crippen molar-refractivity contribution in [2.24, 2.45) is 29.6 Å². The molecule has 0 aromatic rings. The van der Waals surface area contributed by atoms with Gasteiger partial charge in [-0.2, -0.15) is 0 Å². The molecule has 5 heteroatoms. The van der Waals surface area contributed by atoms with Gasteiger partial charge in [0, 0.05) is 0 Å². The molecule has 0 aromatic carbocycles. The van der Waals surface area contributed by atoms with E-state index in [4.69, 9.17) is 14.6 Å². The smallest absolute Gasteiger partial charge is 0.0920 e. The van der Waals surface area contributed by atoms with Crippen molar-refractivity contribution >= 4 is 0 Å². The fraction of sp³-hybridized carbons (Fsp3) is 0.680. The number of aliphatic hydroxyl groups is 3. The summed E-state index contributed by atoms with van der Waals surface area (Å²) in [6.45, 7) is 42.5. The molecule has 2 aliphatic heterocycles. The van der Waals surface area contributed by atoms with Gasteiger partial charge in [0.05, 0.1) is 42.2 Å². The first kappa shape index (κ1) is 47.1. The normalized spacial score (nSPS) is 37.0. The van der Waals surface area contributed by atoms with Gasteiger partial charge in [-0.15, -0.1) is 0 Å². The molecule has 0 spiro atoms. The van der Waals surface area contributed by atoms with Crippen LogP contribution in [0.4, 0.5) is 0 Å².